The third kappa shape index (κ3) is 2.13. The Morgan fingerprint density at radius 3 is 2.74 bits per heavy atom. The lowest BCUT2D eigenvalue weighted by Crippen LogP contribution is -2.18. The number of aryl methyl sites for hydroxylation is 1. The number of fused-ring (bicyclic) bond motifs is 1. The Kier molecular flexibility index (Phi) is 2.83. The number of carboxylic acids is 1. The fourth-order valence-corrected chi connectivity index (χ4v) is 2.58. The topological polar surface area (TPSA) is 58.4 Å². The number of carboxylic acid groups (broad SMARTS) is 1. The molecule has 5 heteroatoms. The van der Waals surface area contributed by atoms with Gasteiger partial charge in [0.05, 0.1) is 5.69 Å². The summed E-state index contributed by atoms with van der Waals surface area (Å²) in [7, 11) is 1.80. The van der Waals surface area contributed by atoms with Crippen LogP contribution in [-0.2, 0) is 26.7 Å². The predicted molar refractivity (Wildman–Crippen MR) is 69.6 cm³/mol. The molecule has 1 aromatic carbocycles. The van der Waals surface area contributed by atoms with Crippen LogP contribution in [0, 0.1) is 0 Å². The fourth-order valence-electron chi connectivity index (χ4n) is 2.58. The van der Waals surface area contributed by atoms with Crippen LogP contribution in [0.5, 0.6) is 0 Å². The van der Waals surface area contributed by atoms with Gasteiger partial charge in [0.2, 0.25) is 0 Å². The normalized spacial score (nSPS) is 14.6. The predicted octanol–water partition coefficient (Wildman–Crippen LogP) is 1.63. The molecule has 0 saturated heterocycles. The Hall–Kier alpha value is -2.14. The first-order valence-corrected chi connectivity index (χ1v) is 6.19. The molecule has 0 spiro atoms. The molecule has 1 aliphatic rings. The Bertz CT molecular complexity index is 619. The molecule has 3 rings (SSSR count). The first-order chi connectivity index (χ1) is 9.15. The van der Waals surface area contributed by atoms with Crippen molar-refractivity contribution in [1.82, 2.24) is 14.7 Å². The number of hydrogen-bond acceptors (Lipinski definition) is 3. The summed E-state index contributed by atoms with van der Waals surface area (Å²) in [6.45, 7) is 2.23. The Labute approximate surface area is 111 Å². The van der Waals surface area contributed by atoms with Crippen LogP contribution in [0.15, 0.2) is 30.3 Å². The maximum absolute atomic E-state index is 11.1. The van der Waals surface area contributed by atoms with Crippen molar-refractivity contribution in [3.63, 3.8) is 0 Å². The Morgan fingerprint density at radius 2 is 2.05 bits per heavy atom. The van der Waals surface area contributed by atoms with Crippen molar-refractivity contribution < 1.29 is 9.90 Å². The summed E-state index contributed by atoms with van der Waals surface area (Å²) in [5.41, 5.74) is 3.28. The molecule has 98 valence electrons. The minimum absolute atomic E-state index is 0.188. The molecule has 1 aromatic heterocycles. The number of aromatic nitrogens is 2. The van der Waals surface area contributed by atoms with E-state index in [-0.39, 0.29) is 5.69 Å². The van der Waals surface area contributed by atoms with E-state index in [0.29, 0.717) is 6.54 Å². The standard InChI is InChI=1S/C14H15N3O2/c1-16-12-9-17(7-10-5-3-2-4-6-10)8-11(12)13(15-16)14(18)19/h2-6H,7-9H2,1H3,(H,18,19). The molecule has 0 bridgehead atoms. The summed E-state index contributed by atoms with van der Waals surface area (Å²) in [6, 6.07) is 10.2. The zero-order valence-corrected chi connectivity index (χ0v) is 10.7. The maximum Gasteiger partial charge on any atom is 0.356 e. The van der Waals surface area contributed by atoms with Gasteiger partial charge < -0.3 is 5.11 Å². The van der Waals surface area contributed by atoms with Gasteiger partial charge in [0, 0.05) is 32.2 Å². The zero-order chi connectivity index (χ0) is 13.4. The second kappa shape index (κ2) is 4.51. The lowest BCUT2D eigenvalue weighted by molar-refractivity contribution is 0.0687. The molecule has 0 saturated carbocycles. The summed E-state index contributed by atoms with van der Waals surface area (Å²) in [4.78, 5) is 13.4. The molecule has 5 nitrogen and oxygen atoms in total. The molecule has 0 atom stereocenters. The molecule has 0 aliphatic carbocycles. The molecule has 0 unspecified atom stereocenters. The summed E-state index contributed by atoms with van der Waals surface area (Å²) in [5.74, 6) is -0.946. The van der Waals surface area contributed by atoms with Crippen molar-refractivity contribution in [3.8, 4) is 0 Å². The lowest BCUT2D eigenvalue weighted by atomic mass is 10.2. The highest BCUT2D eigenvalue weighted by Crippen LogP contribution is 2.26. The third-order valence-electron chi connectivity index (χ3n) is 3.48. The zero-order valence-electron chi connectivity index (χ0n) is 10.7. The molecule has 0 amide bonds. The average molecular weight is 257 g/mol. The van der Waals surface area contributed by atoms with Crippen LogP contribution in [-0.4, -0.2) is 25.8 Å². The first-order valence-electron chi connectivity index (χ1n) is 6.19. The number of aromatic carboxylic acids is 1. The van der Waals surface area contributed by atoms with Gasteiger partial charge in [-0.2, -0.15) is 5.10 Å². The van der Waals surface area contributed by atoms with Crippen LogP contribution in [0.2, 0.25) is 0 Å². The van der Waals surface area contributed by atoms with Crippen molar-refractivity contribution in [2.75, 3.05) is 0 Å². The van der Waals surface area contributed by atoms with Crippen molar-refractivity contribution in [1.29, 1.82) is 0 Å². The van der Waals surface area contributed by atoms with Crippen LogP contribution in [0.25, 0.3) is 0 Å². The second-order valence-electron chi connectivity index (χ2n) is 4.83. The summed E-state index contributed by atoms with van der Waals surface area (Å²) in [6.07, 6.45) is 0. The smallest absolute Gasteiger partial charge is 0.356 e. The Balaban J connectivity index is 1.81. The fraction of sp³-hybridized carbons (Fsp3) is 0.286. The molecule has 0 radical (unpaired) electrons. The van der Waals surface area contributed by atoms with Gasteiger partial charge in [-0.3, -0.25) is 9.58 Å². The number of nitrogens with zero attached hydrogens (tertiary/aromatic N) is 3. The Morgan fingerprint density at radius 1 is 1.32 bits per heavy atom. The quantitative estimate of drug-likeness (QED) is 0.908. The van der Waals surface area contributed by atoms with Crippen molar-refractivity contribution in [2.24, 2.45) is 7.05 Å². The molecule has 0 fully saturated rings. The molecular weight excluding hydrogens is 242 g/mol. The highest BCUT2D eigenvalue weighted by Gasteiger charge is 2.29. The van der Waals surface area contributed by atoms with Gasteiger partial charge in [0.25, 0.3) is 0 Å². The summed E-state index contributed by atoms with van der Waals surface area (Å²) < 4.78 is 1.68. The number of benzene rings is 1. The molecule has 2 aromatic rings. The number of carbonyl (C=O) groups is 1. The summed E-state index contributed by atoms with van der Waals surface area (Å²) >= 11 is 0. The largest absolute Gasteiger partial charge is 0.476 e. The summed E-state index contributed by atoms with van der Waals surface area (Å²) in [5, 5.41) is 13.2. The minimum atomic E-state index is -0.946. The van der Waals surface area contributed by atoms with Crippen LogP contribution < -0.4 is 0 Å². The lowest BCUT2D eigenvalue weighted by Gasteiger charge is -2.15. The van der Waals surface area contributed by atoms with Crippen LogP contribution in [0.1, 0.15) is 27.3 Å². The molecule has 1 N–H and O–H groups in total. The first kappa shape index (κ1) is 11.9. The monoisotopic (exact) mass is 257 g/mol. The number of hydrogen-bond donors (Lipinski definition) is 1. The van der Waals surface area contributed by atoms with E-state index in [2.05, 4.69) is 22.1 Å². The van der Waals surface area contributed by atoms with Crippen molar-refractivity contribution >= 4 is 5.97 Å². The molecular formula is C14H15N3O2. The van der Waals surface area contributed by atoms with Gasteiger partial charge in [-0.1, -0.05) is 30.3 Å². The van der Waals surface area contributed by atoms with Crippen LogP contribution in [0.4, 0.5) is 0 Å². The maximum atomic E-state index is 11.1. The molecule has 1 aliphatic heterocycles. The van der Waals surface area contributed by atoms with Gasteiger partial charge in [-0.15, -0.1) is 0 Å². The van der Waals surface area contributed by atoms with Crippen molar-refractivity contribution in [3.05, 3.63) is 52.8 Å². The highest BCUT2D eigenvalue weighted by molar-refractivity contribution is 5.87. The van der Waals surface area contributed by atoms with Gasteiger partial charge in [-0.05, 0) is 5.56 Å². The number of rotatable bonds is 3. The van der Waals surface area contributed by atoms with Crippen molar-refractivity contribution in [2.45, 2.75) is 19.6 Å². The van der Waals surface area contributed by atoms with E-state index < -0.39 is 5.97 Å². The van der Waals surface area contributed by atoms with E-state index in [0.717, 1.165) is 24.3 Å². The minimum Gasteiger partial charge on any atom is -0.476 e. The highest BCUT2D eigenvalue weighted by atomic mass is 16.4. The van der Waals surface area contributed by atoms with Gasteiger partial charge >= 0.3 is 5.97 Å². The second-order valence-corrected chi connectivity index (χ2v) is 4.83. The van der Waals surface area contributed by atoms with Gasteiger partial charge in [0.15, 0.2) is 5.69 Å². The van der Waals surface area contributed by atoms with E-state index >= 15 is 0 Å². The van der Waals surface area contributed by atoms with Crippen LogP contribution in [0.3, 0.4) is 0 Å². The molecule has 19 heavy (non-hydrogen) atoms. The third-order valence-corrected chi connectivity index (χ3v) is 3.48. The van der Waals surface area contributed by atoms with E-state index in [1.165, 1.54) is 5.56 Å². The van der Waals surface area contributed by atoms with E-state index in [9.17, 15) is 4.79 Å². The van der Waals surface area contributed by atoms with E-state index in [1.807, 2.05) is 18.2 Å². The van der Waals surface area contributed by atoms with Gasteiger partial charge in [0.1, 0.15) is 0 Å². The van der Waals surface area contributed by atoms with Gasteiger partial charge in [-0.25, -0.2) is 4.79 Å². The average Bonchev–Trinajstić information content (AvgIpc) is 2.91. The SMILES string of the molecule is Cn1nc(C(=O)O)c2c1CN(Cc1ccccc1)C2. The molecule has 2 heterocycles. The van der Waals surface area contributed by atoms with E-state index in [1.54, 1.807) is 11.7 Å². The van der Waals surface area contributed by atoms with E-state index in [4.69, 9.17) is 5.11 Å². The van der Waals surface area contributed by atoms with Crippen LogP contribution >= 0.6 is 0 Å².